The average molecular weight is 345 g/mol. The first kappa shape index (κ1) is 17.8. The molecule has 25 heavy (non-hydrogen) atoms. The lowest BCUT2D eigenvalue weighted by atomic mass is 10.0. The fourth-order valence-corrected chi connectivity index (χ4v) is 3.67. The molecule has 0 aliphatic carbocycles. The van der Waals surface area contributed by atoms with Crippen LogP contribution in [0.3, 0.4) is 0 Å². The molecule has 0 bridgehead atoms. The summed E-state index contributed by atoms with van der Waals surface area (Å²) in [5.41, 5.74) is 1.24. The Labute approximate surface area is 149 Å². The van der Waals surface area contributed by atoms with Gasteiger partial charge in [-0.3, -0.25) is 14.6 Å². The molecule has 7 nitrogen and oxygen atoms in total. The van der Waals surface area contributed by atoms with Crippen LogP contribution in [0.2, 0.25) is 0 Å². The number of nitrogens with zero attached hydrogens (tertiary/aromatic N) is 5. The Balaban J connectivity index is 1.67. The minimum atomic E-state index is -0.0136. The SMILES string of the molecule is CCN1CCN(C(=O)c2nccnc2C[C@@H]2CCN(C(C)=O)C2)CC1. The summed E-state index contributed by atoms with van der Waals surface area (Å²) >= 11 is 0. The van der Waals surface area contributed by atoms with Gasteiger partial charge in [-0.1, -0.05) is 6.92 Å². The van der Waals surface area contributed by atoms with Crippen LogP contribution in [0, 0.1) is 5.92 Å². The summed E-state index contributed by atoms with van der Waals surface area (Å²) in [5, 5.41) is 0. The van der Waals surface area contributed by atoms with Crippen LogP contribution in [0.25, 0.3) is 0 Å². The summed E-state index contributed by atoms with van der Waals surface area (Å²) in [4.78, 5) is 39.3. The normalized spacial score (nSPS) is 21.6. The van der Waals surface area contributed by atoms with Gasteiger partial charge < -0.3 is 14.7 Å². The van der Waals surface area contributed by atoms with E-state index in [1.165, 1.54) is 0 Å². The van der Waals surface area contributed by atoms with E-state index in [1.54, 1.807) is 19.3 Å². The molecule has 7 heteroatoms. The van der Waals surface area contributed by atoms with Crippen molar-refractivity contribution >= 4 is 11.8 Å². The number of hydrogen-bond donors (Lipinski definition) is 0. The molecule has 2 fully saturated rings. The molecule has 0 spiro atoms. The van der Waals surface area contributed by atoms with E-state index in [-0.39, 0.29) is 11.8 Å². The third-order valence-corrected chi connectivity index (χ3v) is 5.30. The Kier molecular flexibility index (Phi) is 5.63. The first-order chi connectivity index (χ1) is 12.1. The van der Waals surface area contributed by atoms with Crippen molar-refractivity contribution in [3.05, 3.63) is 23.8 Å². The van der Waals surface area contributed by atoms with Gasteiger partial charge in [0.1, 0.15) is 5.69 Å². The Morgan fingerprint density at radius 2 is 1.80 bits per heavy atom. The number of likely N-dealkylation sites (N-methyl/N-ethyl adjacent to an activating group) is 1. The molecular weight excluding hydrogens is 318 g/mol. The van der Waals surface area contributed by atoms with Gasteiger partial charge in [0, 0.05) is 58.6 Å². The summed E-state index contributed by atoms with van der Waals surface area (Å²) in [7, 11) is 0. The Hall–Kier alpha value is -2.02. The maximum absolute atomic E-state index is 12.9. The van der Waals surface area contributed by atoms with Gasteiger partial charge in [-0.15, -0.1) is 0 Å². The van der Waals surface area contributed by atoms with Crippen molar-refractivity contribution in [2.75, 3.05) is 45.8 Å². The summed E-state index contributed by atoms with van der Waals surface area (Å²) < 4.78 is 0. The number of hydrogen-bond acceptors (Lipinski definition) is 5. The molecule has 0 unspecified atom stereocenters. The molecule has 2 amide bonds. The number of aromatic nitrogens is 2. The van der Waals surface area contributed by atoms with Gasteiger partial charge in [0.25, 0.3) is 5.91 Å². The Morgan fingerprint density at radius 3 is 2.44 bits per heavy atom. The van der Waals surface area contributed by atoms with E-state index < -0.39 is 0 Å². The number of carbonyl (C=O) groups excluding carboxylic acids is 2. The first-order valence-corrected chi connectivity index (χ1v) is 9.15. The molecule has 2 aliphatic heterocycles. The van der Waals surface area contributed by atoms with Crippen LogP contribution >= 0.6 is 0 Å². The van der Waals surface area contributed by atoms with Crippen molar-refractivity contribution in [1.29, 1.82) is 0 Å². The number of piperazine rings is 1. The first-order valence-electron chi connectivity index (χ1n) is 9.15. The van der Waals surface area contributed by atoms with Crippen LogP contribution in [0.5, 0.6) is 0 Å². The highest BCUT2D eigenvalue weighted by Crippen LogP contribution is 2.22. The van der Waals surface area contributed by atoms with Crippen molar-refractivity contribution in [3.63, 3.8) is 0 Å². The van der Waals surface area contributed by atoms with E-state index in [4.69, 9.17) is 0 Å². The zero-order valence-corrected chi connectivity index (χ0v) is 15.1. The van der Waals surface area contributed by atoms with E-state index in [1.807, 2.05) is 9.80 Å². The van der Waals surface area contributed by atoms with Crippen LogP contribution < -0.4 is 0 Å². The van der Waals surface area contributed by atoms with Gasteiger partial charge in [0.05, 0.1) is 5.69 Å². The van der Waals surface area contributed by atoms with Gasteiger partial charge in [0.2, 0.25) is 5.91 Å². The quantitative estimate of drug-likeness (QED) is 0.802. The Morgan fingerprint density at radius 1 is 1.08 bits per heavy atom. The summed E-state index contributed by atoms with van der Waals surface area (Å²) in [6.45, 7) is 9.61. The molecule has 1 atom stereocenters. The van der Waals surface area contributed by atoms with E-state index in [0.29, 0.717) is 18.0 Å². The third kappa shape index (κ3) is 4.15. The van der Waals surface area contributed by atoms with Crippen molar-refractivity contribution < 1.29 is 9.59 Å². The van der Waals surface area contributed by atoms with Crippen LogP contribution in [0.1, 0.15) is 36.5 Å². The minimum absolute atomic E-state index is 0.0136. The van der Waals surface area contributed by atoms with Gasteiger partial charge in [-0.25, -0.2) is 4.98 Å². The van der Waals surface area contributed by atoms with Crippen molar-refractivity contribution in [1.82, 2.24) is 24.7 Å². The van der Waals surface area contributed by atoms with Gasteiger partial charge in [-0.05, 0) is 25.3 Å². The molecule has 1 aromatic heterocycles. The van der Waals surface area contributed by atoms with Gasteiger partial charge in [0.15, 0.2) is 0 Å². The Bertz CT molecular complexity index is 628. The maximum Gasteiger partial charge on any atom is 0.274 e. The summed E-state index contributed by atoms with van der Waals surface area (Å²) in [6, 6.07) is 0. The van der Waals surface area contributed by atoms with Crippen LogP contribution in [0.4, 0.5) is 0 Å². The van der Waals surface area contributed by atoms with Gasteiger partial charge in [-0.2, -0.15) is 0 Å². The molecule has 3 rings (SSSR count). The van der Waals surface area contributed by atoms with Crippen molar-refractivity contribution in [2.45, 2.75) is 26.7 Å². The molecule has 2 aliphatic rings. The van der Waals surface area contributed by atoms with Crippen LogP contribution in [0.15, 0.2) is 12.4 Å². The molecule has 0 aromatic carbocycles. The highest BCUT2D eigenvalue weighted by atomic mass is 16.2. The monoisotopic (exact) mass is 345 g/mol. The predicted octanol–water partition coefficient (Wildman–Crippen LogP) is 0.665. The van der Waals surface area contributed by atoms with Crippen LogP contribution in [-0.2, 0) is 11.2 Å². The van der Waals surface area contributed by atoms with E-state index in [9.17, 15) is 9.59 Å². The van der Waals surface area contributed by atoms with Crippen molar-refractivity contribution in [3.8, 4) is 0 Å². The molecule has 0 saturated carbocycles. The summed E-state index contributed by atoms with van der Waals surface area (Å²) in [6.07, 6.45) is 4.90. The third-order valence-electron chi connectivity index (χ3n) is 5.30. The molecular formula is C18H27N5O2. The predicted molar refractivity (Wildman–Crippen MR) is 94.1 cm³/mol. The molecule has 136 valence electrons. The van der Waals surface area contributed by atoms with Gasteiger partial charge >= 0.3 is 0 Å². The van der Waals surface area contributed by atoms with Crippen molar-refractivity contribution in [2.24, 2.45) is 5.92 Å². The number of amides is 2. The lowest BCUT2D eigenvalue weighted by molar-refractivity contribution is -0.127. The second-order valence-corrected chi connectivity index (χ2v) is 6.90. The highest BCUT2D eigenvalue weighted by molar-refractivity contribution is 5.93. The molecule has 3 heterocycles. The summed E-state index contributed by atoms with van der Waals surface area (Å²) in [5.74, 6) is 0.455. The maximum atomic E-state index is 12.9. The molecule has 0 radical (unpaired) electrons. The van der Waals surface area contributed by atoms with E-state index >= 15 is 0 Å². The largest absolute Gasteiger partial charge is 0.343 e. The fourth-order valence-electron chi connectivity index (χ4n) is 3.67. The minimum Gasteiger partial charge on any atom is -0.343 e. The number of carbonyl (C=O) groups is 2. The number of likely N-dealkylation sites (tertiary alicyclic amines) is 1. The second kappa shape index (κ2) is 7.91. The molecule has 2 saturated heterocycles. The second-order valence-electron chi connectivity index (χ2n) is 6.90. The lowest BCUT2D eigenvalue weighted by Crippen LogP contribution is -2.48. The lowest BCUT2D eigenvalue weighted by Gasteiger charge is -2.34. The smallest absolute Gasteiger partial charge is 0.274 e. The zero-order chi connectivity index (χ0) is 17.8. The van der Waals surface area contributed by atoms with E-state index in [0.717, 1.165) is 57.9 Å². The molecule has 1 aromatic rings. The standard InChI is InChI=1S/C18H27N5O2/c1-3-21-8-10-22(11-9-21)18(25)17-16(19-5-6-20-17)12-15-4-7-23(13-15)14(2)24/h5-6,15H,3-4,7-13H2,1-2H3/t15-/m0/s1. The zero-order valence-electron chi connectivity index (χ0n) is 15.1. The van der Waals surface area contributed by atoms with Crippen LogP contribution in [-0.4, -0.2) is 82.3 Å². The molecule has 0 N–H and O–H groups in total. The number of rotatable bonds is 4. The van der Waals surface area contributed by atoms with E-state index in [2.05, 4.69) is 21.8 Å². The topological polar surface area (TPSA) is 69.6 Å². The fraction of sp³-hybridized carbons (Fsp3) is 0.667. The average Bonchev–Trinajstić information content (AvgIpc) is 3.10. The highest BCUT2D eigenvalue weighted by Gasteiger charge is 2.29.